The van der Waals surface area contributed by atoms with E-state index in [4.69, 9.17) is 4.42 Å². The Hall–Kier alpha value is -7.16. The van der Waals surface area contributed by atoms with Crippen molar-refractivity contribution >= 4 is 49.8 Å². The SMILES string of the molecule is c1ccc(-c2ccc(N(c3ccc(-c4ccccc4)cc3)c3ccc(-c4cccc5oc6c7ccccc7ccc6c45)c(-c4ccccc4)c3)cc2)cc1. The van der Waals surface area contributed by atoms with Gasteiger partial charge in [-0.25, -0.2) is 0 Å². The first kappa shape index (κ1) is 31.6. The van der Waals surface area contributed by atoms with E-state index < -0.39 is 0 Å². The molecule has 0 aliphatic rings. The smallest absolute Gasteiger partial charge is 0.143 e. The number of nitrogens with zero attached hydrogens (tertiary/aromatic N) is 1. The van der Waals surface area contributed by atoms with Gasteiger partial charge in [-0.15, -0.1) is 0 Å². The summed E-state index contributed by atoms with van der Waals surface area (Å²) in [5, 5.41) is 4.56. The van der Waals surface area contributed by atoms with Crippen molar-refractivity contribution in [3.63, 3.8) is 0 Å². The van der Waals surface area contributed by atoms with E-state index in [0.29, 0.717) is 0 Å². The zero-order valence-electron chi connectivity index (χ0n) is 29.6. The van der Waals surface area contributed by atoms with Crippen LogP contribution in [0.25, 0.3) is 77.2 Å². The third-order valence-electron chi connectivity index (χ3n) is 10.5. The molecule has 0 spiro atoms. The van der Waals surface area contributed by atoms with Crippen molar-refractivity contribution in [1.29, 1.82) is 0 Å². The molecule has 0 radical (unpaired) electrons. The number of furan rings is 1. The fourth-order valence-corrected chi connectivity index (χ4v) is 7.86. The summed E-state index contributed by atoms with van der Waals surface area (Å²) in [5.74, 6) is 0. The van der Waals surface area contributed by atoms with Crippen LogP contribution in [0.15, 0.2) is 217 Å². The minimum atomic E-state index is 0.889. The zero-order chi connectivity index (χ0) is 35.8. The Kier molecular flexibility index (Phi) is 7.85. The molecule has 1 heterocycles. The van der Waals surface area contributed by atoms with Crippen LogP contribution in [-0.4, -0.2) is 0 Å². The van der Waals surface area contributed by atoms with Crippen molar-refractivity contribution in [3.8, 4) is 44.5 Å². The molecular formula is C52H35NO. The Morgan fingerprint density at radius 2 is 0.852 bits per heavy atom. The minimum absolute atomic E-state index is 0.889. The quantitative estimate of drug-likeness (QED) is 0.166. The molecule has 0 aliphatic carbocycles. The van der Waals surface area contributed by atoms with Crippen molar-refractivity contribution in [1.82, 2.24) is 0 Å². The van der Waals surface area contributed by atoms with Crippen LogP contribution in [0.3, 0.4) is 0 Å². The number of benzene rings is 9. The van der Waals surface area contributed by atoms with E-state index >= 15 is 0 Å². The summed E-state index contributed by atoms with van der Waals surface area (Å²) >= 11 is 0. The van der Waals surface area contributed by atoms with E-state index in [9.17, 15) is 0 Å². The van der Waals surface area contributed by atoms with E-state index in [2.05, 4.69) is 217 Å². The summed E-state index contributed by atoms with van der Waals surface area (Å²) in [6.45, 7) is 0. The molecule has 0 atom stereocenters. The van der Waals surface area contributed by atoms with Gasteiger partial charge < -0.3 is 9.32 Å². The molecule has 0 saturated carbocycles. The van der Waals surface area contributed by atoms with Crippen LogP contribution in [0.5, 0.6) is 0 Å². The lowest BCUT2D eigenvalue weighted by atomic mass is 9.91. The molecule has 254 valence electrons. The molecule has 54 heavy (non-hydrogen) atoms. The van der Waals surface area contributed by atoms with E-state index in [1.807, 2.05) is 0 Å². The highest BCUT2D eigenvalue weighted by atomic mass is 16.3. The van der Waals surface area contributed by atoms with Gasteiger partial charge in [-0.3, -0.25) is 0 Å². The van der Waals surface area contributed by atoms with Gasteiger partial charge in [0.1, 0.15) is 11.2 Å². The summed E-state index contributed by atoms with van der Waals surface area (Å²) in [5.41, 5.74) is 14.5. The molecule has 0 unspecified atom stereocenters. The average Bonchev–Trinajstić information content (AvgIpc) is 3.65. The number of fused-ring (bicyclic) bond motifs is 5. The second-order valence-corrected chi connectivity index (χ2v) is 13.7. The second-order valence-electron chi connectivity index (χ2n) is 13.7. The van der Waals surface area contributed by atoms with Crippen molar-refractivity contribution in [2.75, 3.05) is 4.90 Å². The fraction of sp³-hybridized carbons (Fsp3) is 0. The van der Waals surface area contributed by atoms with E-state index in [1.54, 1.807) is 0 Å². The van der Waals surface area contributed by atoms with Gasteiger partial charge in [-0.05, 0) is 98.4 Å². The maximum Gasteiger partial charge on any atom is 0.143 e. The third kappa shape index (κ3) is 5.62. The van der Waals surface area contributed by atoms with Gasteiger partial charge in [0, 0.05) is 33.2 Å². The van der Waals surface area contributed by atoms with Crippen molar-refractivity contribution in [3.05, 3.63) is 212 Å². The lowest BCUT2D eigenvalue weighted by Crippen LogP contribution is -2.10. The van der Waals surface area contributed by atoms with Crippen LogP contribution in [0.1, 0.15) is 0 Å². The molecule has 0 saturated heterocycles. The van der Waals surface area contributed by atoms with Crippen molar-refractivity contribution < 1.29 is 4.42 Å². The second kappa shape index (κ2) is 13.4. The van der Waals surface area contributed by atoms with Gasteiger partial charge in [0.05, 0.1) is 0 Å². The molecule has 2 nitrogen and oxygen atoms in total. The highest BCUT2D eigenvalue weighted by Gasteiger charge is 2.20. The van der Waals surface area contributed by atoms with Gasteiger partial charge in [0.15, 0.2) is 0 Å². The van der Waals surface area contributed by atoms with Crippen LogP contribution >= 0.6 is 0 Å². The van der Waals surface area contributed by atoms with Crippen LogP contribution < -0.4 is 4.90 Å². The predicted molar refractivity (Wildman–Crippen MR) is 228 cm³/mol. The Morgan fingerprint density at radius 1 is 0.315 bits per heavy atom. The third-order valence-corrected chi connectivity index (χ3v) is 10.5. The summed E-state index contributed by atoms with van der Waals surface area (Å²) in [6.07, 6.45) is 0. The number of hydrogen-bond donors (Lipinski definition) is 0. The molecular weight excluding hydrogens is 655 g/mol. The van der Waals surface area contributed by atoms with Crippen LogP contribution in [0, 0.1) is 0 Å². The van der Waals surface area contributed by atoms with E-state index in [-0.39, 0.29) is 0 Å². The lowest BCUT2D eigenvalue weighted by Gasteiger charge is -2.27. The summed E-state index contributed by atoms with van der Waals surface area (Å²) in [4.78, 5) is 2.36. The maximum atomic E-state index is 6.63. The predicted octanol–water partition coefficient (Wildman–Crippen LogP) is 14.9. The molecule has 0 amide bonds. The molecule has 9 aromatic carbocycles. The van der Waals surface area contributed by atoms with Crippen molar-refractivity contribution in [2.45, 2.75) is 0 Å². The maximum absolute atomic E-state index is 6.63. The molecule has 10 aromatic rings. The Morgan fingerprint density at radius 3 is 1.48 bits per heavy atom. The molecule has 0 fully saturated rings. The highest BCUT2D eigenvalue weighted by molar-refractivity contribution is 6.19. The molecule has 2 heteroatoms. The lowest BCUT2D eigenvalue weighted by molar-refractivity contribution is 0.673. The number of rotatable bonds is 7. The van der Waals surface area contributed by atoms with Gasteiger partial charge in [0.2, 0.25) is 0 Å². The van der Waals surface area contributed by atoms with Gasteiger partial charge in [-0.1, -0.05) is 164 Å². The minimum Gasteiger partial charge on any atom is -0.455 e. The Bertz CT molecular complexity index is 2810. The topological polar surface area (TPSA) is 16.4 Å². The zero-order valence-corrected chi connectivity index (χ0v) is 29.6. The molecule has 0 N–H and O–H groups in total. The summed E-state index contributed by atoms with van der Waals surface area (Å²) < 4.78 is 6.63. The van der Waals surface area contributed by atoms with Crippen LogP contribution in [-0.2, 0) is 0 Å². The molecule has 1 aromatic heterocycles. The van der Waals surface area contributed by atoms with E-state index in [0.717, 1.165) is 66.6 Å². The first-order valence-corrected chi connectivity index (χ1v) is 18.4. The van der Waals surface area contributed by atoms with E-state index in [1.165, 1.54) is 27.6 Å². The summed E-state index contributed by atoms with van der Waals surface area (Å²) in [7, 11) is 0. The highest BCUT2D eigenvalue weighted by Crippen LogP contribution is 2.45. The van der Waals surface area contributed by atoms with Crippen LogP contribution in [0.4, 0.5) is 17.1 Å². The van der Waals surface area contributed by atoms with Gasteiger partial charge in [0.25, 0.3) is 0 Å². The first-order chi connectivity index (χ1) is 26.8. The van der Waals surface area contributed by atoms with Crippen molar-refractivity contribution in [2.24, 2.45) is 0 Å². The fourth-order valence-electron chi connectivity index (χ4n) is 7.86. The van der Waals surface area contributed by atoms with Gasteiger partial charge in [-0.2, -0.15) is 0 Å². The average molecular weight is 690 g/mol. The number of anilines is 3. The monoisotopic (exact) mass is 689 g/mol. The molecule has 0 aliphatic heterocycles. The summed E-state index contributed by atoms with van der Waals surface area (Å²) in [6, 6.07) is 75.8. The standard InChI is InChI=1S/C52H35NO/c1-4-13-36(14-5-1)38-23-28-42(29-24-38)53(43-30-25-39(26-31-43)37-15-6-2-7-16-37)44-32-34-46(49(35-44)40-17-8-3-9-18-40)47-21-12-22-50-51(47)48-33-27-41-19-10-11-20-45(41)52(48)54-50/h1-35H. The largest absolute Gasteiger partial charge is 0.455 e. The molecule has 0 bridgehead atoms. The first-order valence-electron chi connectivity index (χ1n) is 18.4. The Labute approximate surface area is 314 Å². The van der Waals surface area contributed by atoms with Gasteiger partial charge >= 0.3 is 0 Å². The molecule has 10 rings (SSSR count). The normalized spacial score (nSPS) is 11.3. The Balaban J connectivity index is 1.16. The van der Waals surface area contributed by atoms with Crippen LogP contribution in [0.2, 0.25) is 0 Å². The number of hydrogen-bond acceptors (Lipinski definition) is 2.